The second kappa shape index (κ2) is 4.87. The Balaban J connectivity index is 2.08. The first-order valence-electron chi connectivity index (χ1n) is 5.22. The van der Waals surface area contributed by atoms with Gasteiger partial charge in [0.15, 0.2) is 0 Å². The van der Waals surface area contributed by atoms with Crippen LogP contribution in [0, 0.1) is 12.7 Å². The van der Waals surface area contributed by atoms with Gasteiger partial charge in [-0.15, -0.1) is 0 Å². The first kappa shape index (κ1) is 12.1. The molecule has 5 nitrogen and oxygen atoms in total. The highest BCUT2D eigenvalue weighted by atomic mass is 19.1. The first-order chi connectivity index (χ1) is 8.59. The number of halogens is 1. The van der Waals surface area contributed by atoms with E-state index < -0.39 is 11.8 Å². The van der Waals surface area contributed by atoms with E-state index in [1.54, 1.807) is 19.1 Å². The lowest BCUT2D eigenvalue weighted by molar-refractivity contribution is 0.0469. The molecule has 6 heteroatoms. The normalized spacial score (nSPS) is 10.3. The van der Waals surface area contributed by atoms with Crippen LogP contribution in [0.1, 0.15) is 21.6 Å². The second-order valence-electron chi connectivity index (χ2n) is 3.67. The van der Waals surface area contributed by atoms with Crippen molar-refractivity contribution in [2.24, 2.45) is 0 Å². The molecule has 0 atom stereocenters. The Labute approximate surface area is 102 Å². The number of carbonyl (C=O) groups is 1. The van der Waals surface area contributed by atoms with Gasteiger partial charge in [-0.2, -0.15) is 0 Å². The van der Waals surface area contributed by atoms with E-state index in [0.717, 1.165) is 0 Å². The predicted molar refractivity (Wildman–Crippen MR) is 61.2 cm³/mol. The maximum atomic E-state index is 13.3. The molecule has 0 saturated heterocycles. The van der Waals surface area contributed by atoms with Gasteiger partial charge in [0, 0.05) is 5.56 Å². The summed E-state index contributed by atoms with van der Waals surface area (Å²) in [6.45, 7) is 1.40. The number of hydrogen-bond donors (Lipinski definition) is 1. The first-order valence-corrected chi connectivity index (χ1v) is 5.22. The molecule has 18 heavy (non-hydrogen) atoms. The Bertz CT molecular complexity index is 561. The van der Waals surface area contributed by atoms with E-state index in [0.29, 0.717) is 11.3 Å². The van der Waals surface area contributed by atoms with E-state index in [-0.39, 0.29) is 18.1 Å². The van der Waals surface area contributed by atoms with Crippen LogP contribution in [-0.2, 0) is 11.3 Å². The highest BCUT2D eigenvalue weighted by molar-refractivity contribution is 5.94. The summed E-state index contributed by atoms with van der Waals surface area (Å²) in [5.74, 6) is -1.22. The van der Waals surface area contributed by atoms with Crippen molar-refractivity contribution in [3.05, 3.63) is 46.9 Å². The minimum atomic E-state index is -0.686. The number of nitrogens with zero attached hydrogens (tertiary/aromatic N) is 1. The molecule has 2 rings (SSSR count). The number of anilines is 1. The number of nitrogen functional groups attached to an aromatic ring is 1. The van der Waals surface area contributed by atoms with Gasteiger partial charge in [-0.3, -0.25) is 0 Å². The van der Waals surface area contributed by atoms with Crippen molar-refractivity contribution in [3.63, 3.8) is 0 Å². The van der Waals surface area contributed by atoms with Crippen molar-refractivity contribution in [2.45, 2.75) is 13.5 Å². The van der Waals surface area contributed by atoms with Crippen LogP contribution in [0.4, 0.5) is 10.3 Å². The summed E-state index contributed by atoms with van der Waals surface area (Å²) >= 11 is 0. The summed E-state index contributed by atoms with van der Waals surface area (Å²) < 4.78 is 22.9. The van der Waals surface area contributed by atoms with Crippen LogP contribution in [0.5, 0.6) is 0 Å². The highest BCUT2D eigenvalue weighted by Crippen LogP contribution is 2.17. The molecule has 1 heterocycles. The third-order valence-corrected chi connectivity index (χ3v) is 2.41. The fraction of sp³-hybridized carbons (Fsp3) is 0.167. The Kier molecular flexibility index (Phi) is 3.27. The van der Waals surface area contributed by atoms with Crippen molar-refractivity contribution >= 4 is 11.9 Å². The van der Waals surface area contributed by atoms with Crippen LogP contribution in [0.2, 0.25) is 0 Å². The SMILES string of the molecule is Cc1noc(N)c1C(=O)OCc1ccccc1F. The number of aryl methyl sites for hydroxylation is 1. The van der Waals surface area contributed by atoms with E-state index in [1.165, 1.54) is 12.1 Å². The standard InChI is InChI=1S/C12H11FN2O3/c1-7-10(11(14)18-15-7)12(16)17-6-8-4-2-3-5-9(8)13/h2-5H,6,14H2,1H3. The number of ether oxygens (including phenoxy) is 1. The van der Waals surface area contributed by atoms with Crippen molar-refractivity contribution < 1.29 is 18.4 Å². The molecule has 0 saturated carbocycles. The van der Waals surface area contributed by atoms with Crippen LogP contribution in [0.3, 0.4) is 0 Å². The predicted octanol–water partition coefficient (Wildman–Crippen LogP) is 2.06. The summed E-state index contributed by atoms with van der Waals surface area (Å²) in [7, 11) is 0. The molecule has 0 fully saturated rings. The fourth-order valence-electron chi connectivity index (χ4n) is 1.47. The fourth-order valence-corrected chi connectivity index (χ4v) is 1.47. The minimum absolute atomic E-state index is 0.0753. The molecule has 1 aromatic heterocycles. The lowest BCUT2D eigenvalue weighted by Gasteiger charge is -2.05. The Morgan fingerprint density at radius 2 is 2.22 bits per heavy atom. The van der Waals surface area contributed by atoms with Crippen molar-refractivity contribution in [2.75, 3.05) is 5.73 Å². The molecule has 0 aliphatic heterocycles. The molecule has 0 unspecified atom stereocenters. The largest absolute Gasteiger partial charge is 0.457 e. The van der Waals surface area contributed by atoms with Crippen molar-refractivity contribution in [1.82, 2.24) is 5.16 Å². The van der Waals surface area contributed by atoms with Gasteiger partial charge in [0.25, 0.3) is 0 Å². The lowest BCUT2D eigenvalue weighted by atomic mass is 10.2. The van der Waals surface area contributed by atoms with Crippen LogP contribution in [0.15, 0.2) is 28.8 Å². The van der Waals surface area contributed by atoms with Crippen LogP contribution in [0.25, 0.3) is 0 Å². The zero-order valence-electron chi connectivity index (χ0n) is 9.64. The number of rotatable bonds is 3. The molecular weight excluding hydrogens is 239 g/mol. The average molecular weight is 250 g/mol. The highest BCUT2D eigenvalue weighted by Gasteiger charge is 2.20. The number of aromatic nitrogens is 1. The number of esters is 1. The summed E-state index contributed by atoms with van der Waals surface area (Å²) in [6, 6.07) is 6.04. The van der Waals surface area contributed by atoms with Crippen molar-refractivity contribution in [1.29, 1.82) is 0 Å². The monoisotopic (exact) mass is 250 g/mol. The molecule has 0 amide bonds. The number of carbonyl (C=O) groups excluding carboxylic acids is 1. The summed E-state index contributed by atoms with van der Waals surface area (Å²) in [4.78, 5) is 11.7. The van der Waals surface area contributed by atoms with Crippen molar-refractivity contribution in [3.8, 4) is 0 Å². The zero-order chi connectivity index (χ0) is 13.1. The topological polar surface area (TPSA) is 78.4 Å². The zero-order valence-corrected chi connectivity index (χ0v) is 9.64. The Hall–Kier alpha value is -2.37. The van der Waals surface area contributed by atoms with Gasteiger partial charge in [0.1, 0.15) is 18.0 Å². The summed E-state index contributed by atoms with van der Waals surface area (Å²) in [6.07, 6.45) is 0. The van der Waals surface area contributed by atoms with Crippen LogP contribution < -0.4 is 5.73 Å². The molecule has 94 valence electrons. The minimum Gasteiger partial charge on any atom is -0.457 e. The molecule has 0 spiro atoms. The number of hydrogen-bond acceptors (Lipinski definition) is 5. The maximum Gasteiger partial charge on any atom is 0.346 e. The molecule has 0 bridgehead atoms. The Morgan fingerprint density at radius 3 is 2.83 bits per heavy atom. The van der Waals surface area contributed by atoms with E-state index >= 15 is 0 Å². The van der Waals surface area contributed by atoms with Gasteiger partial charge in [0.2, 0.25) is 5.88 Å². The molecule has 0 radical (unpaired) electrons. The molecule has 2 N–H and O–H groups in total. The molecule has 0 aliphatic rings. The van der Waals surface area contributed by atoms with Gasteiger partial charge in [0.05, 0.1) is 5.69 Å². The summed E-state index contributed by atoms with van der Waals surface area (Å²) in [5.41, 5.74) is 6.14. The quantitative estimate of drug-likeness (QED) is 0.843. The smallest absolute Gasteiger partial charge is 0.346 e. The van der Waals surface area contributed by atoms with Gasteiger partial charge in [-0.25, -0.2) is 9.18 Å². The number of benzene rings is 1. The van der Waals surface area contributed by atoms with Crippen LogP contribution in [-0.4, -0.2) is 11.1 Å². The third kappa shape index (κ3) is 2.32. The van der Waals surface area contributed by atoms with Gasteiger partial charge >= 0.3 is 5.97 Å². The maximum absolute atomic E-state index is 13.3. The lowest BCUT2D eigenvalue weighted by Crippen LogP contribution is -2.08. The van der Waals surface area contributed by atoms with Gasteiger partial charge in [-0.1, -0.05) is 23.4 Å². The van der Waals surface area contributed by atoms with E-state index in [4.69, 9.17) is 10.5 Å². The molecule has 1 aromatic carbocycles. The van der Waals surface area contributed by atoms with E-state index in [1.807, 2.05) is 0 Å². The molecular formula is C12H11FN2O3. The van der Waals surface area contributed by atoms with Gasteiger partial charge in [-0.05, 0) is 13.0 Å². The van der Waals surface area contributed by atoms with Crippen LogP contribution >= 0.6 is 0 Å². The third-order valence-electron chi connectivity index (χ3n) is 2.41. The van der Waals surface area contributed by atoms with E-state index in [2.05, 4.69) is 9.68 Å². The summed E-state index contributed by atoms with van der Waals surface area (Å²) in [5, 5.41) is 3.53. The second-order valence-corrected chi connectivity index (χ2v) is 3.67. The van der Waals surface area contributed by atoms with E-state index in [9.17, 15) is 9.18 Å². The van der Waals surface area contributed by atoms with Gasteiger partial charge < -0.3 is 15.0 Å². The Morgan fingerprint density at radius 1 is 1.50 bits per heavy atom. The average Bonchev–Trinajstić information content (AvgIpc) is 2.68. The molecule has 0 aliphatic carbocycles. The number of nitrogens with two attached hydrogens (primary N) is 1. The molecule has 2 aromatic rings.